The van der Waals surface area contributed by atoms with Crippen molar-refractivity contribution in [1.82, 2.24) is 0 Å². The van der Waals surface area contributed by atoms with Gasteiger partial charge in [0.25, 0.3) is 0 Å². The molecule has 3 fully saturated rings. The minimum Gasteiger partial charge on any atom is -0.420 e. The molecule has 5 nitrogen and oxygen atoms in total. The summed E-state index contributed by atoms with van der Waals surface area (Å²) in [6.07, 6.45) is 5.43. The summed E-state index contributed by atoms with van der Waals surface area (Å²) in [4.78, 5) is 40.8. The van der Waals surface area contributed by atoms with Crippen LogP contribution in [0.5, 0.6) is 5.75 Å². The Kier molecular flexibility index (Phi) is 3.27. The Bertz CT molecular complexity index is 1010. The number of ether oxygens (including phenoxy) is 1. The number of hydrogen-bond donors (Lipinski definition) is 0. The summed E-state index contributed by atoms with van der Waals surface area (Å²) in [6.45, 7) is 0. The molecule has 2 saturated carbocycles. The molecule has 1 aromatic heterocycles. The predicted octanol–water partition coefficient (Wildman–Crippen LogP) is 3.52. The summed E-state index contributed by atoms with van der Waals surface area (Å²) in [5.74, 6) is 0.358. The third-order valence-electron chi connectivity index (χ3n) is 6.69. The number of thiophene rings is 1. The van der Waals surface area contributed by atoms with E-state index in [1.54, 1.807) is 41.8 Å². The van der Waals surface area contributed by atoms with Crippen LogP contribution in [0.2, 0.25) is 0 Å². The Labute approximate surface area is 165 Å². The highest BCUT2D eigenvalue weighted by Crippen LogP contribution is 2.65. The third-order valence-corrected chi connectivity index (χ3v) is 7.54. The summed E-state index contributed by atoms with van der Waals surface area (Å²) < 4.78 is 5.56. The lowest BCUT2D eigenvalue weighted by Gasteiger charge is -2.37. The van der Waals surface area contributed by atoms with Gasteiger partial charge in [-0.3, -0.25) is 9.59 Å². The van der Waals surface area contributed by atoms with Gasteiger partial charge in [-0.05, 0) is 53.7 Å². The van der Waals surface area contributed by atoms with Crippen molar-refractivity contribution < 1.29 is 19.1 Å². The van der Waals surface area contributed by atoms with Crippen molar-refractivity contribution in [2.24, 2.45) is 35.5 Å². The van der Waals surface area contributed by atoms with Crippen molar-refractivity contribution in [1.29, 1.82) is 0 Å². The van der Waals surface area contributed by atoms with Crippen LogP contribution < -0.4 is 9.64 Å². The second kappa shape index (κ2) is 5.64. The lowest BCUT2D eigenvalue weighted by molar-refractivity contribution is -0.124. The molecule has 2 bridgehead atoms. The Morgan fingerprint density at radius 2 is 1.64 bits per heavy atom. The van der Waals surface area contributed by atoms with E-state index in [9.17, 15) is 14.4 Å². The van der Waals surface area contributed by atoms with Crippen LogP contribution in [0.3, 0.4) is 0 Å². The van der Waals surface area contributed by atoms with Crippen molar-refractivity contribution in [3.05, 3.63) is 58.8 Å². The highest BCUT2D eigenvalue weighted by molar-refractivity contribution is 7.12. The Morgan fingerprint density at radius 3 is 2.29 bits per heavy atom. The van der Waals surface area contributed by atoms with Gasteiger partial charge in [0.2, 0.25) is 11.8 Å². The molecule has 4 aliphatic carbocycles. The van der Waals surface area contributed by atoms with Crippen LogP contribution in [0.4, 0.5) is 5.69 Å². The minimum atomic E-state index is -0.484. The third kappa shape index (κ3) is 2.09. The van der Waals surface area contributed by atoms with Crippen LogP contribution in [0.15, 0.2) is 53.9 Å². The van der Waals surface area contributed by atoms with E-state index in [2.05, 4.69) is 12.2 Å². The minimum absolute atomic E-state index is 0.153. The van der Waals surface area contributed by atoms with Crippen molar-refractivity contribution >= 4 is 34.8 Å². The number of para-hydroxylation sites is 2. The number of rotatable bonds is 3. The summed E-state index contributed by atoms with van der Waals surface area (Å²) in [6, 6.07) is 10.3. The summed E-state index contributed by atoms with van der Waals surface area (Å²) >= 11 is 1.29. The first-order chi connectivity index (χ1) is 13.6. The molecular formula is C22H17NO4S. The predicted molar refractivity (Wildman–Crippen MR) is 103 cm³/mol. The van der Waals surface area contributed by atoms with Gasteiger partial charge in [0.1, 0.15) is 4.88 Å². The number of imide groups is 1. The molecular weight excluding hydrogens is 374 g/mol. The lowest BCUT2D eigenvalue weighted by Crippen LogP contribution is -2.40. The highest BCUT2D eigenvalue weighted by Gasteiger charge is 2.67. The van der Waals surface area contributed by atoms with Crippen molar-refractivity contribution in [2.75, 3.05) is 4.90 Å². The maximum absolute atomic E-state index is 13.3. The molecule has 0 spiro atoms. The largest absolute Gasteiger partial charge is 0.420 e. The monoisotopic (exact) mass is 391 g/mol. The smallest absolute Gasteiger partial charge is 0.353 e. The maximum Gasteiger partial charge on any atom is 0.353 e. The zero-order chi connectivity index (χ0) is 19.0. The molecule has 1 aliphatic heterocycles. The molecule has 2 amide bonds. The first-order valence-electron chi connectivity index (χ1n) is 9.56. The molecule has 6 heteroatoms. The van der Waals surface area contributed by atoms with Gasteiger partial charge in [-0.2, -0.15) is 0 Å². The van der Waals surface area contributed by atoms with E-state index in [0.29, 0.717) is 22.4 Å². The summed E-state index contributed by atoms with van der Waals surface area (Å²) in [5.41, 5.74) is 0.366. The second-order valence-electron chi connectivity index (χ2n) is 8.00. The average Bonchev–Trinajstić information content (AvgIpc) is 3.27. The molecule has 2 aromatic rings. The van der Waals surface area contributed by atoms with E-state index in [1.807, 2.05) is 0 Å². The molecule has 0 unspecified atom stereocenters. The molecule has 5 aliphatic rings. The van der Waals surface area contributed by atoms with Crippen molar-refractivity contribution in [3.8, 4) is 5.75 Å². The maximum atomic E-state index is 13.3. The first-order valence-corrected chi connectivity index (χ1v) is 10.4. The van der Waals surface area contributed by atoms with Crippen LogP contribution >= 0.6 is 11.3 Å². The van der Waals surface area contributed by atoms with Crippen LogP contribution in [-0.4, -0.2) is 17.8 Å². The molecule has 1 aromatic carbocycles. The van der Waals surface area contributed by atoms with Crippen molar-refractivity contribution in [3.63, 3.8) is 0 Å². The standard InChI is InChI=1S/C22H17NO4S/c24-20-18-11-7-8-12(14-10-13(11)14)19(18)21(25)23(20)15-4-1-2-5-16(15)27-22(26)17-6-3-9-28-17/h1-9,11-14,18-19H,10H2/t11-,12-,13-,14-,18+,19+/m1/s1. The first kappa shape index (κ1) is 16.2. The average molecular weight is 391 g/mol. The van der Waals surface area contributed by atoms with E-state index in [4.69, 9.17) is 4.74 Å². The zero-order valence-electron chi connectivity index (χ0n) is 14.9. The zero-order valence-corrected chi connectivity index (χ0v) is 15.7. The number of amides is 2. The molecule has 7 rings (SSSR count). The molecule has 6 atom stereocenters. The number of anilines is 1. The van der Waals surface area contributed by atoms with Gasteiger partial charge in [-0.1, -0.05) is 30.4 Å². The SMILES string of the molecule is O=C(Oc1ccccc1N1C(=O)[C@H]2[C@@H]3C=C[C@H]([C@H]4C[C@H]34)[C@@H]2C1=O)c1cccs1. The van der Waals surface area contributed by atoms with Crippen molar-refractivity contribution in [2.45, 2.75) is 6.42 Å². The Hall–Kier alpha value is -2.73. The van der Waals surface area contributed by atoms with Gasteiger partial charge in [-0.15, -0.1) is 11.3 Å². The molecule has 28 heavy (non-hydrogen) atoms. The van der Waals surface area contributed by atoms with Crippen LogP contribution in [-0.2, 0) is 9.59 Å². The normalized spacial score (nSPS) is 34.4. The molecule has 0 N–H and O–H groups in total. The van der Waals surface area contributed by atoms with Crippen LogP contribution in [0.1, 0.15) is 16.1 Å². The van der Waals surface area contributed by atoms with E-state index >= 15 is 0 Å². The van der Waals surface area contributed by atoms with E-state index < -0.39 is 5.97 Å². The second-order valence-corrected chi connectivity index (χ2v) is 8.95. The molecule has 1 saturated heterocycles. The van der Waals surface area contributed by atoms with E-state index in [0.717, 1.165) is 6.42 Å². The van der Waals surface area contributed by atoms with E-state index in [-0.39, 0.29) is 41.2 Å². The van der Waals surface area contributed by atoms with Gasteiger partial charge in [0, 0.05) is 0 Å². The number of nitrogens with zero attached hydrogens (tertiary/aromatic N) is 1. The fraction of sp³-hybridized carbons (Fsp3) is 0.318. The fourth-order valence-corrected chi connectivity index (χ4v) is 6.07. The molecule has 140 valence electrons. The van der Waals surface area contributed by atoms with Gasteiger partial charge in [0.15, 0.2) is 5.75 Å². The van der Waals surface area contributed by atoms with Crippen LogP contribution in [0.25, 0.3) is 0 Å². The number of benzene rings is 1. The molecule has 2 heterocycles. The van der Waals surface area contributed by atoms with Gasteiger partial charge >= 0.3 is 5.97 Å². The number of carbonyl (C=O) groups is 3. The van der Waals surface area contributed by atoms with E-state index in [1.165, 1.54) is 16.2 Å². The van der Waals surface area contributed by atoms with Gasteiger partial charge < -0.3 is 4.74 Å². The van der Waals surface area contributed by atoms with Crippen LogP contribution in [0, 0.1) is 35.5 Å². The number of hydrogen-bond acceptors (Lipinski definition) is 5. The van der Waals surface area contributed by atoms with Gasteiger partial charge in [-0.25, -0.2) is 9.69 Å². The Morgan fingerprint density at radius 1 is 0.964 bits per heavy atom. The lowest BCUT2D eigenvalue weighted by atomic mass is 9.63. The number of carbonyl (C=O) groups excluding carboxylic acids is 3. The van der Waals surface area contributed by atoms with Gasteiger partial charge in [0.05, 0.1) is 17.5 Å². The highest BCUT2D eigenvalue weighted by atomic mass is 32.1. The topological polar surface area (TPSA) is 63.7 Å². The Balaban J connectivity index is 1.36. The number of allylic oxidation sites excluding steroid dienone is 2. The fourth-order valence-electron chi connectivity index (χ4n) is 5.47. The summed E-state index contributed by atoms with van der Waals surface area (Å²) in [5, 5.41) is 1.80. The quantitative estimate of drug-likeness (QED) is 0.348. The summed E-state index contributed by atoms with van der Waals surface area (Å²) in [7, 11) is 0. The molecule has 0 radical (unpaired) electrons. The number of esters is 1.